The summed E-state index contributed by atoms with van der Waals surface area (Å²) < 4.78 is 18.2. The molecule has 0 spiro atoms. The molecule has 2 aromatic carbocycles. The van der Waals surface area contributed by atoms with E-state index in [4.69, 9.17) is 11.6 Å². The average molecular weight is 501 g/mol. The van der Waals surface area contributed by atoms with Crippen molar-refractivity contribution >= 4 is 40.6 Å². The number of anilines is 1. The van der Waals surface area contributed by atoms with Crippen molar-refractivity contribution in [2.24, 2.45) is 0 Å². The number of carbonyl (C=O) groups is 2. The maximum atomic E-state index is 14.3. The number of amides is 2. The van der Waals surface area contributed by atoms with Gasteiger partial charge in [-0.15, -0.1) is 5.10 Å². The van der Waals surface area contributed by atoms with Crippen LogP contribution < -0.4 is 10.2 Å². The monoisotopic (exact) mass is 500 g/mol. The fraction of sp³-hybridized carbons (Fsp3) is 0.360. The molecule has 0 saturated heterocycles. The highest BCUT2D eigenvalue weighted by atomic mass is 35.5. The molecule has 34 heavy (non-hydrogen) atoms. The Labute approximate surface area is 207 Å². The lowest BCUT2D eigenvalue weighted by Crippen LogP contribution is -2.47. The summed E-state index contributed by atoms with van der Waals surface area (Å²) >= 11 is 7.37. The normalized spacial score (nSPS) is 15.1. The number of aryl methyl sites for hydroxylation is 2. The van der Waals surface area contributed by atoms with E-state index in [0.29, 0.717) is 26.8 Å². The Kier molecular flexibility index (Phi) is 7.58. The average Bonchev–Trinajstić information content (AvgIpc) is 3.25. The molecule has 0 bridgehead atoms. The number of hydrogen-bond donors (Lipinski definition) is 1. The molecule has 1 heterocycles. The zero-order valence-corrected chi connectivity index (χ0v) is 20.6. The molecule has 6 nitrogen and oxygen atoms in total. The van der Waals surface area contributed by atoms with Crippen molar-refractivity contribution in [2.75, 3.05) is 4.90 Å². The van der Waals surface area contributed by atoms with Gasteiger partial charge >= 0.3 is 0 Å². The summed E-state index contributed by atoms with van der Waals surface area (Å²) in [6.07, 6.45) is 4.98. The van der Waals surface area contributed by atoms with Crippen molar-refractivity contribution in [2.45, 2.75) is 58.0 Å². The highest BCUT2D eigenvalue weighted by Crippen LogP contribution is 2.34. The summed E-state index contributed by atoms with van der Waals surface area (Å²) in [6, 6.07) is 9.88. The van der Waals surface area contributed by atoms with Crippen LogP contribution in [0.2, 0.25) is 5.02 Å². The Balaban J connectivity index is 1.84. The second kappa shape index (κ2) is 10.6. The zero-order chi connectivity index (χ0) is 24.2. The van der Waals surface area contributed by atoms with Crippen LogP contribution in [0.4, 0.5) is 10.1 Å². The summed E-state index contributed by atoms with van der Waals surface area (Å²) in [4.78, 5) is 29.3. The van der Waals surface area contributed by atoms with E-state index in [1.165, 1.54) is 23.1 Å². The van der Waals surface area contributed by atoms with Gasteiger partial charge in [0.25, 0.3) is 5.91 Å². The van der Waals surface area contributed by atoms with E-state index >= 15 is 0 Å². The second-order valence-corrected chi connectivity index (χ2v) is 9.76. The Hall–Kier alpha value is -2.84. The van der Waals surface area contributed by atoms with E-state index in [9.17, 15) is 14.0 Å². The Morgan fingerprint density at radius 1 is 1.15 bits per heavy atom. The lowest BCUT2D eigenvalue weighted by molar-refractivity contribution is -0.123. The van der Waals surface area contributed by atoms with E-state index in [2.05, 4.69) is 14.9 Å². The van der Waals surface area contributed by atoms with Crippen LogP contribution in [-0.2, 0) is 4.79 Å². The van der Waals surface area contributed by atoms with Gasteiger partial charge in [-0.2, -0.15) is 0 Å². The number of rotatable bonds is 6. The second-order valence-electron chi connectivity index (χ2n) is 8.60. The SMILES string of the molecule is Cc1ccc(N(C(=O)c2snnc2C)C(C(=O)NC2CCCCC2)c2cccc(F)c2)cc1Cl. The Morgan fingerprint density at radius 3 is 2.56 bits per heavy atom. The van der Waals surface area contributed by atoms with Gasteiger partial charge in [0.2, 0.25) is 5.91 Å². The van der Waals surface area contributed by atoms with Crippen molar-refractivity contribution in [3.8, 4) is 0 Å². The van der Waals surface area contributed by atoms with Gasteiger partial charge in [-0.05, 0) is 73.6 Å². The minimum atomic E-state index is -1.11. The number of aromatic nitrogens is 2. The molecule has 1 N–H and O–H groups in total. The predicted molar refractivity (Wildman–Crippen MR) is 132 cm³/mol. The predicted octanol–water partition coefficient (Wildman–Crippen LogP) is 5.78. The lowest BCUT2D eigenvalue weighted by atomic mass is 9.94. The number of nitrogens with one attached hydrogen (secondary N) is 1. The molecule has 1 fully saturated rings. The largest absolute Gasteiger partial charge is 0.351 e. The highest BCUT2D eigenvalue weighted by Gasteiger charge is 2.36. The van der Waals surface area contributed by atoms with Gasteiger partial charge in [0.05, 0.1) is 5.69 Å². The van der Waals surface area contributed by atoms with Gasteiger partial charge < -0.3 is 5.32 Å². The summed E-state index contributed by atoms with van der Waals surface area (Å²) in [5, 5.41) is 7.53. The molecule has 4 rings (SSSR count). The molecule has 178 valence electrons. The first-order valence-corrected chi connectivity index (χ1v) is 12.4. The van der Waals surface area contributed by atoms with E-state index in [-0.39, 0.29) is 11.9 Å². The lowest BCUT2D eigenvalue weighted by Gasteiger charge is -2.33. The summed E-state index contributed by atoms with van der Waals surface area (Å²) in [5.41, 5.74) is 2.10. The molecule has 0 radical (unpaired) electrons. The fourth-order valence-electron chi connectivity index (χ4n) is 4.27. The van der Waals surface area contributed by atoms with E-state index in [1.807, 2.05) is 6.92 Å². The number of carbonyl (C=O) groups excluding carboxylic acids is 2. The maximum Gasteiger partial charge on any atom is 0.272 e. The molecule has 9 heteroatoms. The smallest absolute Gasteiger partial charge is 0.272 e. The van der Waals surface area contributed by atoms with Gasteiger partial charge in [-0.3, -0.25) is 14.5 Å². The standard InChI is InChI=1S/C25H26ClFN4O2S/c1-15-11-12-20(14-21(15)26)31(25(33)23-16(2)29-30-34-23)22(17-7-6-8-18(27)13-17)24(32)28-19-9-4-3-5-10-19/h6-8,11-14,19,22H,3-5,9-10H2,1-2H3,(H,28,32). The molecular formula is C25H26ClFN4O2S. The number of hydrogen-bond acceptors (Lipinski definition) is 5. The third-order valence-corrected chi connectivity index (χ3v) is 7.34. The molecular weight excluding hydrogens is 475 g/mol. The first-order chi connectivity index (χ1) is 16.3. The number of benzene rings is 2. The molecule has 1 atom stereocenters. The van der Waals surface area contributed by atoms with Gasteiger partial charge in [-0.25, -0.2) is 4.39 Å². The molecule has 1 saturated carbocycles. The van der Waals surface area contributed by atoms with Crippen molar-refractivity contribution in [1.29, 1.82) is 0 Å². The third kappa shape index (κ3) is 5.28. The summed E-state index contributed by atoms with van der Waals surface area (Å²) in [6.45, 7) is 3.55. The van der Waals surface area contributed by atoms with Crippen LogP contribution in [0.25, 0.3) is 0 Å². The van der Waals surface area contributed by atoms with Crippen LogP contribution in [0.15, 0.2) is 42.5 Å². The van der Waals surface area contributed by atoms with E-state index in [0.717, 1.165) is 49.2 Å². The minimum Gasteiger partial charge on any atom is -0.351 e. The van der Waals surface area contributed by atoms with Crippen LogP contribution in [0.1, 0.15) is 64.6 Å². The van der Waals surface area contributed by atoms with Crippen LogP contribution in [0, 0.1) is 19.7 Å². The Bertz CT molecular complexity index is 1200. The van der Waals surface area contributed by atoms with Crippen molar-refractivity contribution in [1.82, 2.24) is 14.9 Å². The first-order valence-electron chi connectivity index (χ1n) is 11.3. The van der Waals surface area contributed by atoms with E-state index < -0.39 is 17.8 Å². The highest BCUT2D eigenvalue weighted by molar-refractivity contribution is 7.08. The third-order valence-electron chi connectivity index (χ3n) is 6.12. The van der Waals surface area contributed by atoms with Crippen molar-refractivity contribution in [3.05, 3.63) is 75.0 Å². The number of halogens is 2. The first kappa shape index (κ1) is 24.3. The van der Waals surface area contributed by atoms with Crippen LogP contribution >= 0.6 is 23.1 Å². The summed E-state index contributed by atoms with van der Waals surface area (Å²) in [7, 11) is 0. The van der Waals surface area contributed by atoms with Crippen LogP contribution in [-0.4, -0.2) is 27.4 Å². The maximum absolute atomic E-state index is 14.3. The van der Waals surface area contributed by atoms with E-state index in [1.54, 1.807) is 31.2 Å². The minimum absolute atomic E-state index is 0.0164. The number of nitrogens with zero attached hydrogens (tertiary/aromatic N) is 3. The molecule has 1 aliphatic carbocycles. The van der Waals surface area contributed by atoms with Crippen LogP contribution in [0.5, 0.6) is 0 Å². The van der Waals surface area contributed by atoms with Gasteiger partial charge in [0.15, 0.2) is 0 Å². The van der Waals surface area contributed by atoms with Gasteiger partial charge in [-0.1, -0.05) is 53.6 Å². The fourth-order valence-corrected chi connectivity index (χ4v) is 5.04. The topological polar surface area (TPSA) is 75.2 Å². The Morgan fingerprint density at radius 2 is 1.91 bits per heavy atom. The molecule has 0 aliphatic heterocycles. The van der Waals surface area contributed by atoms with Gasteiger partial charge in [0.1, 0.15) is 16.7 Å². The molecule has 3 aromatic rings. The molecule has 1 unspecified atom stereocenters. The molecule has 1 aliphatic rings. The quantitative estimate of drug-likeness (QED) is 0.465. The van der Waals surface area contributed by atoms with Crippen molar-refractivity contribution < 1.29 is 14.0 Å². The van der Waals surface area contributed by atoms with Gasteiger partial charge in [0, 0.05) is 16.8 Å². The van der Waals surface area contributed by atoms with Crippen LogP contribution in [0.3, 0.4) is 0 Å². The van der Waals surface area contributed by atoms with Crippen molar-refractivity contribution in [3.63, 3.8) is 0 Å². The molecule has 1 aromatic heterocycles. The summed E-state index contributed by atoms with van der Waals surface area (Å²) in [5.74, 6) is -1.30. The zero-order valence-electron chi connectivity index (χ0n) is 19.1. The molecule has 2 amide bonds.